The quantitative estimate of drug-likeness (QED) is 0.504. The number of nitrogens with two attached hydrogens (primary N) is 1. The maximum atomic E-state index is 11.6. The maximum absolute atomic E-state index is 11.6. The fourth-order valence-electron chi connectivity index (χ4n) is 2.17. The molecule has 2 N–H and O–H groups in total. The first-order valence-corrected chi connectivity index (χ1v) is 7.61. The van der Waals surface area contributed by atoms with Crippen LogP contribution in [-0.4, -0.2) is 23.1 Å². The van der Waals surface area contributed by atoms with Crippen LogP contribution in [0.1, 0.15) is 79.1 Å². The number of carbonyl (C=O) groups excluding carboxylic acids is 1. The summed E-state index contributed by atoms with van der Waals surface area (Å²) in [6.45, 7) is 8.93. The molecule has 4 nitrogen and oxygen atoms in total. The Kier molecular flexibility index (Phi) is 9.66. The third kappa shape index (κ3) is 8.87. The van der Waals surface area contributed by atoms with Crippen LogP contribution in [0.25, 0.3) is 0 Å². The molecule has 0 aliphatic heterocycles. The molecule has 0 radical (unpaired) electrons. The first-order chi connectivity index (χ1) is 8.93. The number of hydrogen-bond donors (Lipinski definition) is 1. The molecule has 0 saturated heterocycles. The van der Waals surface area contributed by atoms with Gasteiger partial charge in [0.2, 0.25) is 0 Å². The molecule has 0 fully saturated rings. The summed E-state index contributed by atoms with van der Waals surface area (Å²) in [5.41, 5.74) is -0.239. The van der Waals surface area contributed by atoms with Crippen molar-refractivity contribution in [2.24, 2.45) is 5.90 Å². The van der Waals surface area contributed by atoms with Crippen LogP contribution in [0, 0.1) is 0 Å². The van der Waals surface area contributed by atoms with Gasteiger partial charge in [-0.05, 0) is 27.2 Å². The lowest BCUT2D eigenvalue weighted by molar-refractivity contribution is 0.0667. The number of unbranched alkanes of at least 4 members (excludes halogenated alkanes) is 7. The van der Waals surface area contributed by atoms with Crippen molar-refractivity contribution in [2.75, 3.05) is 6.54 Å². The molecule has 4 heteroatoms. The molecule has 0 bridgehead atoms. The predicted octanol–water partition coefficient (Wildman–Crippen LogP) is 4.24. The Balaban J connectivity index is 3.74. The van der Waals surface area contributed by atoms with Gasteiger partial charge in [0, 0.05) is 12.1 Å². The number of hydrogen-bond acceptors (Lipinski definition) is 3. The minimum Gasteiger partial charge on any atom is -0.357 e. The molecular weight excluding hydrogens is 240 g/mol. The SMILES string of the molecule is CCCCCCCCCCN(C(=O)ON)C(C)(C)C. The van der Waals surface area contributed by atoms with Gasteiger partial charge in [-0.25, -0.2) is 4.79 Å². The van der Waals surface area contributed by atoms with Gasteiger partial charge < -0.3 is 9.74 Å². The lowest BCUT2D eigenvalue weighted by Crippen LogP contribution is -2.47. The van der Waals surface area contributed by atoms with E-state index < -0.39 is 6.09 Å². The summed E-state index contributed by atoms with van der Waals surface area (Å²) >= 11 is 0. The molecule has 0 aromatic carbocycles. The first-order valence-electron chi connectivity index (χ1n) is 7.61. The minimum absolute atomic E-state index is 0.239. The number of nitrogens with zero attached hydrogens (tertiary/aromatic N) is 1. The van der Waals surface area contributed by atoms with Crippen LogP contribution in [-0.2, 0) is 4.84 Å². The largest absolute Gasteiger partial charge is 0.428 e. The van der Waals surface area contributed by atoms with E-state index in [2.05, 4.69) is 11.8 Å². The van der Waals surface area contributed by atoms with E-state index in [4.69, 9.17) is 5.90 Å². The van der Waals surface area contributed by atoms with Gasteiger partial charge in [0.1, 0.15) is 0 Å². The van der Waals surface area contributed by atoms with Crippen LogP contribution in [0.4, 0.5) is 4.79 Å². The minimum atomic E-state index is -0.435. The monoisotopic (exact) mass is 272 g/mol. The van der Waals surface area contributed by atoms with E-state index in [1.54, 1.807) is 4.90 Å². The van der Waals surface area contributed by atoms with Gasteiger partial charge in [-0.3, -0.25) is 0 Å². The molecule has 0 saturated carbocycles. The smallest absolute Gasteiger partial charge is 0.357 e. The van der Waals surface area contributed by atoms with Gasteiger partial charge in [-0.15, -0.1) is 0 Å². The van der Waals surface area contributed by atoms with Crippen LogP contribution in [0.3, 0.4) is 0 Å². The van der Waals surface area contributed by atoms with Crippen molar-refractivity contribution < 1.29 is 9.63 Å². The Morgan fingerprint density at radius 2 is 1.47 bits per heavy atom. The molecule has 0 atom stereocenters. The standard InChI is InChI=1S/C15H32N2O2/c1-5-6-7-8-9-10-11-12-13-17(14(18)19-16)15(2,3)4/h5-13,16H2,1-4H3. The second-order valence-electron chi connectivity index (χ2n) is 6.18. The van der Waals surface area contributed by atoms with Crippen LogP contribution in [0.15, 0.2) is 0 Å². The average molecular weight is 272 g/mol. The van der Waals surface area contributed by atoms with E-state index in [-0.39, 0.29) is 5.54 Å². The summed E-state index contributed by atoms with van der Waals surface area (Å²) in [4.78, 5) is 17.6. The first kappa shape index (κ1) is 18.2. The zero-order valence-electron chi connectivity index (χ0n) is 13.2. The third-order valence-electron chi connectivity index (χ3n) is 3.37. The van der Waals surface area contributed by atoms with Crippen LogP contribution < -0.4 is 5.90 Å². The fourth-order valence-corrected chi connectivity index (χ4v) is 2.17. The Morgan fingerprint density at radius 1 is 1.00 bits per heavy atom. The Labute approximate surface area is 118 Å². The molecule has 19 heavy (non-hydrogen) atoms. The highest BCUT2D eigenvalue weighted by atomic mass is 16.7. The molecule has 0 aliphatic carbocycles. The summed E-state index contributed by atoms with van der Waals surface area (Å²) in [6, 6.07) is 0. The molecular formula is C15H32N2O2. The van der Waals surface area contributed by atoms with Crippen LogP contribution in [0.5, 0.6) is 0 Å². The van der Waals surface area contributed by atoms with Crippen molar-refractivity contribution >= 4 is 6.09 Å². The van der Waals surface area contributed by atoms with Crippen molar-refractivity contribution in [3.63, 3.8) is 0 Å². The summed E-state index contributed by atoms with van der Waals surface area (Å²) in [7, 11) is 0. The van der Waals surface area contributed by atoms with Crippen molar-refractivity contribution in [2.45, 2.75) is 84.6 Å². The molecule has 0 aromatic heterocycles. The second kappa shape index (κ2) is 10.1. The lowest BCUT2D eigenvalue weighted by Gasteiger charge is -2.34. The second-order valence-corrected chi connectivity index (χ2v) is 6.18. The van der Waals surface area contributed by atoms with E-state index >= 15 is 0 Å². The number of rotatable bonds is 9. The molecule has 1 amide bonds. The highest BCUT2D eigenvalue weighted by Gasteiger charge is 2.26. The normalized spacial score (nSPS) is 11.4. The zero-order valence-corrected chi connectivity index (χ0v) is 13.2. The van der Waals surface area contributed by atoms with Crippen molar-refractivity contribution in [1.82, 2.24) is 4.90 Å². The van der Waals surface area contributed by atoms with Crippen LogP contribution in [0.2, 0.25) is 0 Å². The summed E-state index contributed by atoms with van der Waals surface area (Å²) < 4.78 is 0. The molecule has 0 aromatic rings. The van der Waals surface area contributed by atoms with Gasteiger partial charge in [0.15, 0.2) is 0 Å². The summed E-state index contributed by atoms with van der Waals surface area (Å²) in [5.74, 6) is 4.98. The Morgan fingerprint density at radius 3 is 1.89 bits per heavy atom. The van der Waals surface area contributed by atoms with Gasteiger partial charge >= 0.3 is 6.09 Å². The van der Waals surface area contributed by atoms with E-state index in [9.17, 15) is 4.79 Å². The maximum Gasteiger partial charge on any atom is 0.428 e. The van der Waals surface area contributed by atoms with Crippen molar-refractivity contribution in [3.05, 3.63) is 0 Å². The fraction of sp³-hybridized carbons (Fsp3) is 0.933. The van der Waals surface area contributed by atoms with Crippen molar-refractivity contribution in [1.29, 1.82) is 0 Å². The van der Waals surface area contributed by atoms with Crippen LogP contribution >= 0.6 is 0 Å². The van der Waals surface area contributed by atoms with Gasteiger partial charge in [-0.2, -0.15) is 5.90 Å². The summed E-state index contributed by atoms with van der Waals surface area (Å²) in [6.07, 6.45) is 9.62. The van der Waals surface area contributed by atoms with Gasteiger partial charge in [0.25, 0.3) is 0 Å². The van der Waals surface area contributed by atoms with E-state index in [0.717, 1.165) is 12.8 Å². The molecule has 0 spiro atoms. The lowest BCUT2D eigenvalue weighted by atomic mass is 10.0. The molecule has 0 aliphatic rings. The Bertz CT molecular complexity index is 237. The van der Waals surface area contributed by atoms with Gasteiger partial charge in [-0.1, -0.05) is 51.9 Å². The molecule has 0 heterocycles. The summed E-state index contributed by atoms with van der Waals surface area (Å²) in [5, 5.41) is 0. The number of carbonyl (C=O) groups is 1. The van der Waals surface area contributed by atoms with Crippen molar-refractivity contribution in [3.8, 4) is 0 Å². The van der Waals surface area contributed by atoms with E-state index in [0.29, 0.717) is 6.54 Å². The predicted molar refractivity (Wildman–Crippen MR) is 79.7 cm³/mol. The average Bonchev–Trinajstić information content (AvgIpc) is 2.34. The Hall–Kier alpha value is -0.770. The molecule has 0 unspecified atom stereocenters. The highest BCUT2D eigenvalue weighted by Crippen LogP contribution is 2.16. The number of amides is 1. The zero-order chi connectivity index (χ0) is 14.7. The third-order valence-corrected chi connectivity index (χ3v) is 3.37. The van der Waals surface area contributed by atoms with E-state index in [1.165, 1.54) is 38.5 Å². The van der Waals surface area contributed by atoms with E-state index in [1.807, 2.05) is 20.8 Å². The highest BCUT2D eigenvalue weighted by molar-refractivity contribution is 5.68. The topological polar surface area (TPSA) is 55.6 Å². The molecule has 0 rings (SSSR count). The van der Waals surface area contributed by atoms with Gasteiger partial charge in [0.05, 0.1) is 0 Å². The molecule has 114 valence electrons.